The Hall–Kier alpha value is -0.300. The molecule has 0 aliphatic heterocycles. The molecule has 0 rings (SSSR count). The molecule has 0 aliphatic carbocycles. The van der Waals surface area contributed by atoms with Gasteiger partial charge >= 0.3 is 0 Å². The molecule has 0 amide bonds. The van der Waals surface area contributed by atoms with Crippen LogP contribution in [0, 0.1) is 0 Å². The summed E-state index contributed by atoms with van der Waals surface area (Å²) < 4.78 is 5.44. The molecule has 0 saturated heterocycles. The molecule has 1 nitrogen and oxygen atoms in total. The van der Waals surface area contributed by atoms with Gasteiger partial charge in [-0.2, -0.15) is 0 Å². The van der Waals surface area contributed by atoms with Crippen molar-refractivity contribution in [3.05, 3.63) is 12.2 Å². The van der Waals surface area contributed by atoms with E-state index in [1.165, 1.54) is 0 Å². The molecule has 0 N–H and O–H groups in total. The summed E-state index contributed by atoms with van der Waals surface area (Å²) in [6.45, 7) is 9.04. The number of ether oxygens (including phenoxy) is 1. The molecule has 0 unspecified atom stereocenters. The van der Waals surface area contributed by atoms with E-state index in [-0.39, 0.29) is 5.60 Å². The molecule has 0 bridgehead atoms. The van der Waals surface area contributed by atoms with E-state index in [2.05, 4.69) is 39.8 Å². The van der Waals surface area contributed by atoms with Crippen LogP contribution in [0.2, 0.25) is 0 Å². The Morgan fingerprint density at radius 2 is 1.80 bits per heavy atom. The zero-order valence-corrected chi connectivity index (χ0v) is 7.48. The van der Waals surface area contributed by atoms with Gasteiger partial charge in [0.25, 0.3) is 0 Å². The monoisotopic (exact) mass is 142 g/mol. The maximum Gasteiger partial charge on any atom is 0.0654 e. The zero-order chi connectivity index (χ0) is 8.04. The predicted octanol–water partition coefficient (Wildman–Crippen LogP) is 2.77. The second-order valence-corrected chi connectivity index (χ2v) is 3.30. The average Bonchev–Trinajstić information content (AvgIpc) is 1.78. The van der Waals surface area contributed by atoms with E-state index < -0.39 is 0 Å². The molecule has 0 atom stereocenters. The molecular weight excluding hydrogens is 124 g/mol. The summed E-state index contributed by atoms with van der Waals surface area (Å²) in [5.41, 5.74) is -0.00190. The van der Waals surface area contributed by atoms with Crippen LogP contribution in [-0.2, 0) is 4.74 Å². The molecule has 0 spiro atoms. The summed E-state index contributed by atoms with van der Waals surface area (Å²) in [5.74, 6) is 0. The van der Waals surface area contributed by atoms with Crippen LogP contribution in [0.4, 0.5) is 0 Å². The molecule has 0 fully saturated rings. The molecule has 0 aromatic carbocycles. The first-order chi connectivity index (χ1) is 4.56. The van der Waals surface area contributed by atoms with Gasteiger partial charge in [-0.25, -0.2) is 0 Å². The molecule has 0 heterocycles. The van der Waals surface area contributed by atoms with Gasteiger partial charge in [-0.15, -0.1) is 0 Å². The summed E-state index contributed by atoms with van der Waals surface area (Å²) in [6, 6.07) is 0. The van der Waals surface area contributed by atoms with Crippen molar-refractivity contribution in [1.82, 2.24) is 0 Å². The number of allylic oxidation sites excluding steroid dienone is 1. The van der Waals surface area contributed by atoms with Crippen molar-refractivity contribution in [2.75, 3.05) is 6.61 Å². The molecule has 0 aromatic rings. The van der Waals surface area contributed by atoms with Gasteiger partial charge in [0.1, 0.15) is 0 Å². The fourth-order valence-electron chi connectivity index (χ4n) is 0.533. The second kappa shape index (κ2) is 4.51. The van der Waals surface area contributed by atoms with Crippen LogP contribution in [0.25, 0.3) is 0 Å². The summed E-state index contributed by atoms with van der Waals surface area (Å²) in [6.07, 6.45) is 5.27. The van der Waals surface area contributed by atoms with E-state index >= 15 is 0 Å². The fourth-order valence-corrected chi connectivity index (χ4v) is 0.533. The minimum atomic E-state index is -0.00190. The Bertz CT molecular complexity index is 97.8. The summed E-state index contributed by atoms with van der Waals surface area (Å²) in [4.78, 5) is 0. The van der Waals surface area contributed by atoms with E-state index in [9.17, 15) is 0 Å². The molecule has 60 valence electrons. The highest BCUT2D eigenvalue weighted by molar-refractivity contribution is 4.80. The SMILES string of the molecule is CC/C=C/COC(C)(C)C. The van der Waals surface area contributed by atoms with E-state index in [4.69, 9.17) is 4.74 Å². The third kappa shape index (κ3) is 7.70. The maximum absolute atomic E-state index is 5.44. The Morgan fingerprint density at radius 3 is 2.20 bits per heavy atom. The summed E-state index contributed by atoms with van der Waals surface area (Å²) >= 11 is 0. The van der Waals surface area contributed by atoms with Crippen molar-refractivity contribution >= 4 is 0 Å². The van der Waals surface area contributed by atoms with Gasteiger partial charge in [-0.3, -0.25) is 0 Å². The molecule has 0 saturated carbocycles. The van der Waals surface area contributed by atoms with Crippen molar-refractivity contribution < 1.29 is 4.74 Å². The quantitative estimate of drug-likeness (QED) is 0.550. The molecule has 0 radical (unpaired) electrons. The summed E-state index contributed by atoms with van der Waals surface area (Å²) in [7, 11) is 0. The zero-order valence-electron chi connectivity index (χ0n) is 7.48. The van der Waals surface area contributed by atoms with Gasteiger partial charge in [0.05, 0.1) is 12.2 Å². The van der Waals surface area contributed by atoms with Crippen molar-refractivity contribution in [3.8, 4) is 0 Å². The minimum absolute atomic E-state index is 0.00190. The van der Waals surface area contributed by atoms with Gasteiger partial charge in [0.2, 0.25) is 0 Å². The van der Waals surface area contributed by atoms with Crippen LogP contribution in [0.5, 0.6) is 0 Å². The smallest absolute Gasteiger partial charge is 0.0654 e. The van der Waals surface area contributed by atoms with Gasteiger partial charge in [0.15, 0.2) is 0 Å². The van der Waals surface area contributed by atoms with Crippen LogP contribution >= 0.6 is 0 Å². The normalized spacial score (nSPS) is 12.8. The number of hydrogen-bond donors (Lipinski definition) is 0. The van der Waals surface area contributed by atoms with Crippen molar-refractivity contribution in [3.63, 3.8) is 0 Å². The molecule has 0 aromatic heterocycles. The Kier molecular flexibility index (Phi) is 4.37. The van der Waals surface area contributed by atoms with Crippen molar-refractivity contribution in [2.24, 2.45) is 0 Å². The average molecular weight is 142 g/mol. The molecular formula is C9H18O. The fraction of sp³-hybridized carbons (Fsp3) is 0.778. The maximum atomic E-state index is 5.44. The van der Waals surface area contributed by atoms with Gasteiger partial charge < -0.3 is 4.74 Å². The van der Waals surface area contributed by atoms with Crippen molar-refractivity contribution in [1.29, 1.82) is 0 Å². The first-order valence-corrected chi connectivity index (χ1v) is 3.85. The lowest BCUT2D eigenvalue weighted by Gasteiger charge is -2.17. The van der Waals surface area contributed by atoms with Crippen LogP contribution in [-0.4, -0.2) is 12.2 Å². The highest BCUT2D eigenvalue weighted by Gasteiger charge is 2.07. The largest absolute Gasteiger partial charge is 0.372 e. The third-order valence-corrected chi connectivity index (χ3v) is 1.01. The lowest BCUT2D eigenvalue weighted by Crippen LogP contribution is -2.18. The first-order valence-electron chi connectivity index (χ1n) is 3.85. The third-order valence-electron chi connectivity index (χ3n) is 1.01. The predicted molar refractivity (Wildman–Crippen MR) is 45.1 cm³/mol. The van der Waals surface area contributed by atoms with E-state index in [1.807, 2.05) is 0 Å². The minimum Gasteiger partial charge on any atom is -0.372 e. The van der Waals surface area contributed by atoms with Crippen LogP contribution in [0.15, 0.2) is 12.2 Å². The summed E-state index contributed by atoms with van der Waals surface area (Å²) in [5, 5.41) is 0. The Balaban J connectivity index is 3.28. The molecule has 10 heavy (non-hydrogen) atoms. The van der Waals surface area contributed by atoms with Crippen LogP contribution in [0.3, 0.4) is 0 Å². The van der Waals surface area contributed by atoms with E-state index in [1.54, 1.807) is 0 Å². The standard InChI is InChI=1S/C9H18O/c1-5-6-7-8-10-9(2,3)4/h6-7H,5,8H2,1-4H3/b7-6+. The van der Waals surface area contributed by atoms with Gasteiger partial charge in [-0.1, -0.05) is 19.1 Å². The van der Waals surface area contributed by atoms with Gasteiger partial charge in [0, 0.05) is 0 Å². The lowest BCUT2D eigenvalue weighted by molar-refractivity contribution is 0.0149. The van der Waals surface area contributed by atoms with Crippen LogP contribution in [0.1, 0.15) is 34.1 Å². The van der Waals surface area contributed by atoms with Crippen LogP contribution < -0.4 is 0 Å². The van der Waals surface area contributed by atoms with Gasteiger partial charge in [-0.05, 0) is 27.2 Å². The first kappa shape index (κ1) is 9.70. The lowest BCUT2D eigenvalue weighted by atomic mass is 10.2. The highest BCUT2D eigenvalue weighted by Crippen LogP contribution is 2.05. The Morgan fingerprint density at radius 1 is 1.20 bits per heavy atom. The number of rotatable bonds is 3. The number of hydrogen-bond acceptors (Lipinski definition) is 1. The molecule has 0 aliphatic rings. The Labute approximate surface area is 64.1 Å². The van der Waals surface area contributed by atoms with E-state index in [0.29, 0.717) is 0 Å². The van der Waals surface area contributed by atoms with Crippen molar-refractivity contribution in [2.45, 2.75) is 39.7 Å². The second-order valence-electron chi connectivity index (χ2n) is 3.30. The molecule has 1 heteroatoms. The van der Waals surface area contributed by atoms with E-state index in [0.717, 1.165) is 13.0 Å². The topological polar surface area (TPSA) is 9.23 Å². The highest BCUT2D eigenvalue weighted by atomic mass is 16.5.